The molecule has 0 radical (unpaired) electrons. The molecule has 0 unspecified atom stereocenters. The summed E-state index contributed by atoms with van der Waals surface area (Å²) in [5.41, 5.74) is 1.05. The van der Waals surface area contributed by atoms with Crippen LogP contribution in [0, 0.1) is 6.92 Å². The Bertz CT molecular complexity index is 1080. The number of fused-ring (bicyclic) bond motifs is 1. The number of benzene rings is 2. The summed E-state index contributed by atoms with van der Waals surface area (Å²) in [6.45, 7) is 6.92. The summed E-state index contributed by atoms with van der Waals surface area (Å²) in [4.78, 5) is 24.8. The number of hydrogen-bond donors (Lipinski definition) is 0. The monoisotopic (exact) mass is 444 g/mol. The van der Waals surface area contributed by atoms with E-state index in [1.54, 1.807) is 45.9 Å². The van der Waals surface area contributed by atoms with Gasteiger partial charge in [-0.2, -0.15) is 0 Å². The number of carbonyl (C=O) groups is 1. The van der Waals surface area contributed by atoms with Gasteiger partial charge in [-0.05, 0) is 57.5 Å². The van der Waals surface area contributed by atoms with E-state index in [2.05, 4.69) is 15.9 Å². The minimum Gasteiger partial charge on any atom is -0.482 e. The zero-order valence-corrected chi connectivity index (χ0v) is 17.8. The highest BCUT2D eigenvalue weighted by atomic mass is 79.9. The van der Waals surface area contributed by atoms with Gasteiger partial charge >= 0.3 is 5.97 Å². The Balaban J connectivity index is 1.90. The number of rotatable bonds is 4. The first-order valence-electron chi connectivity index (χ1n) is 8.82. The number of carbonyl (C=O) groups excluding carboxylic acids is 1. The summed E-state index contributed by atoms with van der Waals surface area (Å²) in [7, 11) is 0. The Morgan fingerprint density at radius 2 is 1.79 bits per heavy atom. The topological polar surface area (TPSA) is 65.7 Å². The number of ether oxygens (including phenoxy) is 2. The zero-order valence-electron chi connectivity index (χ0n) is 16.2. The molecule has 3 rings (SSSR count). The van der Waals surface area contributed by atoms with Crippen LogP contribution in [0.3, 0.4) is 0 Å². The van der Waals surface area contributed by atoms with Crippen molar-refractivity contribution in [2.75, 3.05) is 6.61 Å². The smallest absolute Gasteiger partial charge is 0.344 e. The van der Waals surface area contributed by atoms with E-state index in [4.69, 9.17) is 13.9 Å². The summed E-state index contributed by atoms with van der Waals surface area (Å²) in [5, 5.41) is 0.452. The van der Waals surface area contributed by atoms with E-state index >= 15 is 0 Å². The standard InChI is InChI=1S/C22H21BrO5/c1-13-20(14-5-7-15(23)8-6-14)21(25)17-10-9-16(11-18(17)27-13)26-12-19(24)28-22(2,3)4/h5-11H,12H2,1-4H3. The maximum absolute atomic E-state index is 13.0. The molecule has 0 spiro atoms. The minimum atomic E-state index is -0.572. The van der Waals surface area contributed by atoms with Crippen molar-refractivity contribution < 1.29 is 18.7 Å². The zero-order chi connectivity index (χ0) is 20.5. The molecule has 6 heteroatoms. The fraction of sp³-hybridized carbons (Fsp3) is 0.273. The van der Waals surface area contributed by atoms with E-state index in [0.717, 1.165) is 10.0 Å². The van der Waals surface area contributed by atoms with Crippen molar-refractivity contribution in [2.24, 2.45) is 0 Å². The van der Waals surface area contributed by atoms with Crippen molar-refractivity contribution >= 4 is 32.9 Å². The number of halogens is 1. The van der Waals surface area contributed by atoms with Gasteiger partial charge in [0, 0.05) is 10.5 Å². The first-order chi connectivity index (χ1) is 13.1. The van der Waals surface area contributed by atoms with Crippen LogP contribution in [0.2, 0.25) is 0 Å². The van der Waals surface area contributed by atoms with Crippen molar-refractivity contribution in [1.82, 2.24) is 0 Å². The SMILES string of the molecule is Cc1oc2cc(OCC(=O)OC(C)(C)C)ccc2c(=O)c1-c1ccc(Br)cc1. The van der Waals surface area contributed by atoms with Crippen LogP contribution in [0.4, 0.5) is 0 Å². The fourth-order valence-electron chi connectivity index (χ4n) is 2.84. The molecule has 0 amide bonds. The molecule has 3 aromatic rings. The normalized spacial score (nSPS) is 11.5. The molecule has 0 saturated carbocycles. The average molecular weight is 445 g/mol. The van der Waals surface area contributed by atoms with E-state index in [-0.39, 0.29) is 12.0 Å². The van der Waals surface area contributed by atoms with Crippen molar-refractivity contribution in [3.05, 3.63) is 62.9 Å². The highest BCUT2D eigenvalue weighted by Crippen LogP contribution is 2.27. The molecule has 0 bridgehead atoms. The molecular formula is C22H21BrO5. The second kappa shape index (κ2) is 7.80. The van der Waals surface area contributed by atoms with Gasteiger partial charge in [-0.15, -0.1) is 0 Å². The number of esters is 1. The Hall–Kier alpha value is -2.60. The van der Waals surface area contributed by atoms with Crippen LogP contribution >= 0.6 is 15.9 Å². The predicted molar refractivity (Wildman–Crippen MR) is 112 cm³/mol. The van der Waals surface area contributed by atoms with Crippen molar-refractivity contribution in [1.29, 1.82) is 0 Å². The van der Waals surface area contributed by atoms with Crippen LogP contribution in [-0.2, 0) is 9.53 Å². The molecule has 0 fully saturated rings. The lowest BCUT2D eigenvalue weighted by atomic mass is 10.0. The van der Waals surface area contributed by atoms with E-state index in [1.165, 1.54) is 0 Å². The van der Waals surface area contributed by atoms with Crippen LogP contribution in [0.1, 0.15) is 26.5 Å². The van der Waals surface area contributed by atoms with Gasteiger partial charge in [0.15, 0.2) is 6.61 Å². The lowest BCUT2D eigenvalue weighted by Crippen LogP contribution is -2.27. The van der Waals surface area contributed by atoms with Gasteiger partial charge in [-0.25, -0.2) is 4.79 Å². The first-order valence-corrected chi connectivity index (χ1v) is 9.61. The largest absolute Gasteiger partial charge is 0.482 e. The molecule has 146 valence electrons. The molecule has 0 atom stereocenters. The molecule has 1 aromatic heterocycles. The molecule has 0 aliphatic carbocycles. The second-order valence-corrected chi connectivity index (χ2v) is 8.32. The van der Waals surface area contributed by atoms with Gasteiger partial charge in [0.25, 0.3) is 0 Å². The molecule has 0 aliphatic heterocycles. The van der Waals surface area contributed by atoms with Crippen molar-refractivity contribution in [2.45, 2.75) is 33.3 Å². The highest BCUT2D eigenvalue weighted by molar-refractivity contribution is 9.10. The van der Waals surface area contributed by atoms with E-state index in [1.807, 2.05) is 24.3 Å². The molecule has 0 N–H and O–H groups in total. The molecule has 0 saturated heterocycles. The van der Waals surface area contributed by atoms with Crippen LogP contribution in [0.25, 0.3) is 22.1 Å². The van der Waals surface area contributed by atoms with Crippen molar-refractivity contribution in [3.63, 3.8) is 0 Å². The molecule has 1 heterocycles. The van der Waals surface area contributed by atoms with Crippen LogP contribution in [-0.4, -0.2) is 18.2 Å². The summed E-state index contributed by atoms with van der Waals surface area (Å²) >= 11 is 3.40. The Kier molecular flexibility index (Phi) is 5.61. The maximum Gasteiger partial charge on any atom is 0.344 e. The first kappa shape index (κ1) is 20.1. The third-order valence-corrected chi connectivity index (χ3v) is 4.48. The van der Waals surface area contributed by atoms with Gasteiger partial charge in [0.05, 0.1) is 10.9 Å². The maximum atomic E-state index is 13.0. The Morgan fingerprint density at radius 1 is 1.11 bits per heavy atom. The Morgan fingerprint density at radius 3 is 2.43 bits per heavy atom. The lowest BCUT2D eigenvalue weighted by molar-refractivity contribution is -0.157. The van der Waals surface area contributed by atoms with Gasteiger partial charge in [-0.3, -0.25) is 4.79 Å². The van der Waals surface area contributed by atoms with Gasteiger partial charge in [0.1, 0.15) is 22.7 Å². The minimum absolute atomic E-state index is 0.111. The fourth-order valence-corrected chi connectivity index (χ4v) is 3.10. The van der Waals surface area contributed by atoms with E-state index < -0.39 is 11.6 Å². The molecular weight excluding hydrogens is 424 g/mol. The van der Waals surface area contributed by atoms with Gasteiger partial charge in [0.2, 0.25) is 5.43 Å². The summed E-state index contributed by atoms with van der Waals surface area (Å²) < 4.78 is 17.5. The van der Waals surface area contributed by atoms with Crippen LogP contribution in [0.5, 0.6) is 5.75 Å². The third kappa shape index (κ3) is 4.62. The number of aryl methyl sites for hydroxylation is 1. The molecule has 5 nitrogen and oxygen atoms in total. The van der Waals surface area contributed by atoms with Gasteiger partial charge < -0.3 is 13.9 Å². The molecule has 2 aromatic carbocycles. The highest BCUT2D eigenvalue weighted by Gasteiger charge is 2.17. The lowest BCUT2D eigenvalue weighted by Gasteiger charge is -2.19. The predicted octanol–water partition coefficient (Wildman–Crippen LogP) is 5.25. The summed E-state index contributed by atoms with van der Waals surface area (Å²) in [5.74, 6) is 0.484. The van der Waals surface area contributed by atoms with E-state index in [9.17, 15) is 9.59 Å². The molecule has 28 heavy (non-hydrogen) atoms. The average Bonchev–Trinajstić information content (AvgIpc) is 2.60. The quantitative estimate of drug-likeness (QED) is 0.513. The van der Waals surface area contributed by atoms with Gasteiger partial charge in [-0.1, -0.05) is 28.1 Å². The summed E-state index contributed by atoms with van der Waals surface area (Å²) in [6.07, 6.45) is 0. The second-order valence-electron chi connectivity index (χ2n) is 7.40. The van der Waals surface area contributed by atoms with Crippen LogP contribution in [0.15, 0.2) is 56.1 Å². The van der Waals surface area contributed by atoms with E-state index in [0.29, 0.717) is 28.0 Å². The van der Waals surface area contributed by atoms with Crippen molar-refractivity contribution in [3.8, 4) is 16.9 Å². The number of hydrogen-bond acceptors (Lipinski definition) is 5. The third-order valence-electron chi connectivity index (χ3n) is 3.95. The van der Waals surface area contributed by atoms with Crippen LogP contribution < -0.4 is 10.2 Å². The molecule has 0 aliphatic rings. The summed E-state index contributed by atoms with van der Waals surface area (Å²) in [6, 6.07) is 12.4. The Labute approximate surface area is 171 Å².